The molecule has 0 fully saturated rings. The Kier molecular flexibility index (Phi) is 3.83. The topological polar surface area (TPSA) is 49.7 Å². The molecule has 0 aliphatic carbocycles. The standard InChI is InChI=1S/C19H17NO4/c21-19(8-10-20-9-7-15-3-1-2-4-16(15)20)22-12-14-5-6-17-18(11-14)24-13-23-17/h1-7,9,11H,8,10,12-13H2. The number of carbonyl (C=O) groups is 1. The maximum atomic E-state index is 12.0. The molecule has 0 spiro atoms. The first-order chi connectivity index (χ1) is 11.8. The number of aryl methyl sites for hydroxylation is 1. The average molecular weight is 323 g/mol. The fraction of sp³-hybridized carbons (Fsp3) is 0.211. The summed E-state index contributed by atoms with van der Waals surface area (Å²) in [6.45, 7) is 1.08. The van der Waals surface area contributed by atoms with Crippen molar-refractivity contribution in [3.8, 4) is 11.5 Å². The van der Waals surface area contributed by atoms with Gasteiger partial charge in [-0.25, -0.2) is 0 Å². The minimum absolute atomic E-state index is 0.217. The molecule has 4 rings (SSSR count). The molecule has 1 aromatic heterocycles. The van der Waals surface area contributed by atoms with Gasteiger partial charge in [-0.2, -0.15) is 0 Å². The number of para-hydroxylation sites is 1. The minimum atomic E-state index is -0.217. The van der Waals surface area contributed by atoms with Gasteiger partial charge in [0.1, 0.15) is 6.61 Å². The molecule has 2 heterocycles. The van der Waals surface area contributed by atoms with Crippen molar-refractivity contribution in [1.82, 2.24) is 4.57 Å². The van der Waals surface area contributed by atoms with Gasteiger partial charge in [0, 0.05) is 18.3 Å². The molecule has 0 N–H and O–H groups in total. The van der Waals surface area contributed by atoms with Crippen LogP contribution in [0.4, 0.5) is 0 Å². The Morgan fingerprint density at radius 3 is 2.92 bits per heavy atom. The van der Waals surface area contributed by atoms with E-state index < -0.39 is 0 Å². The molecular weight excluding hydrogens is 306 g/mol. The molecular formula is C19H17NO4. The molecule has 0 saturated carbocycles. The highest BCUT2D eigenvalue weighted by Crippen LogP contribution is 2.32. The molecule has 0 amide bonds. The number of nitrogens with zero attached hydrogens (tertiary/aromatic N) is 1. The highest BCUT2D eigenvalue weighted by molar-refractivity contribution is 5.80. The zero-order chi connectivity index (χ0) is 16.4. The Labute approximate surface area is 139 Å². The van der Waals surface area contributed by atoms with Gasteiger partial charge in [0.05, 0.1) is 6.42 Å². The number of esters is 1. The van der Waals surface area contributed by atoms with Crippen molar-refractivity contribution < 1.29 is 19.0 Å². The van der Waals surface area contributed by atoms with Crippen molar-refractivity contribution in [1.29, 1.82) is 0 Å². The van der Waals surface area contributed by atoms with Crippen molar-refractivity contribution >= 4 is 16.9 Å². The SMILES string of the molecule is O=C(CCn1ccc2ccccc21)OCc1ccc2c(c1)OCO2. The molecule has 2 aromatic carbocycles. The van der Waals surface area contributed by atoms with Crippen LogP contribution in [0.15, 0.2) is 54.7 Å². The lowest BCUT2D eigenvalue weighted by Crippen LogP contribution is -2.08. The van der Waals surface area contributed by atoms with E-state index in [-0.39, 0.29) is 19.4 Å². The third kappa shape index (κ3) is 2.93. The zero-order valence-electron chi connectivity index (χ0n) is 13.1. The smallest absolute Gasteiger partial charge is 0.307 e. The van der Waals surface area contributed by atoms with E-state index in [4.69, 9.17) is 14.2 Å². The van der Waals surface area contributed by atoms with Crippen molar-refractivity contribution in [2.24, 2.45) is 0 Å². The summed E-state index contributed by atoms with van der Waals surface area (Å²) in [5.74, 6) is 1.21. The number of hydrogen-bond donors (Lipinski definition) is 0. The third-order valence-corrected chi connectivity index (χ3v) is 4.07. The van der Waals surface area contributed by atoms with Crippen LogP contribution in [0.1, 0.15) is 12.0 Å². The Morgan fingerprint density at radius 2 is 1.96 bits per heavy atom. The summed E-state index contributed by atoms with van der Waals surface area (Å²) >= 11 is 0. The second-order valence-corrected chi connectivity index (χ2v) is 5.67. The zero-order valence-corrected chi connectivity index (χ0v) is 13.1. The predicted molar refractivity (Wildman–Crippen MR) is 88.9 cm³/mol. The quantitative estimate of drug-likeness (QED) is 0.674. The molecule has 5 nitrogen and oxygen atoms in total. The van der Waals surface area contributed by atoms with Crippen LogP contribution < -0.4 is 9.47 Å². The van der Waals surface area contributed by atoms with Crippen LogP contribution in [0, 0.1) is 0 Å². The number of carbonyl (C=O) groups excluding carboxylic acids is 1. The Morgan fingerprint density at radius 1 is 1.08 bits per heavy atom. The molecule has 0 atom stereocenters. The van der Waals surface area contributed by atoms with E-state index in [0.29, 0.717) is 18.7 Å². The van der Waals surface area contributed by atoms with Gasteiger partial charge in [0.2, 0.25) is 6.79 Å². The van der Waals surface area contributed by atoms with Crippen LogP contribution in [0.3, 0.4) is 0 Å². The van der Waals surface area contributed by atoms with Gasteiger partial charge in [-0.1, -0.05) is 24.3 Å². The summed E-state index contributed by atoms with van der Waals surface area (Å²) in [7, 11) is 0. The first-order valence-electron chi connectivity index (χ1n) is 7.88. The molecule has 122 valence electrons. The number of benzene rings is 2. The first-order valence-corrected chi connectivity index (χ1v) is 7.88. The molecule has 1 aliphatic rings. The molecule has 0 saturated heterocycles. The van der Waals surface area contributed by atoms with E-state index in [1.165, 1.54) is 5.39 Å². The Balaban J connectivity index is 1.32. The van der Waals surface area contributed by atoms with Crippen LogP contribution in [0.5, 0.6) is 11.5 Å². The van der Waals surface area contributed by atoms with Crippen molar-refractivity contribution in [2.75, 3.05) is 6.79 Å². The lowest BCUT2D eigenvalue weighted by Gasteiger charge is -2.07. The van der Waals surface area contributed by atoms with E-state index in [2.05, 4.69) is 10.6 Å². The van der Waals surface area contributed by atoms with E-state index in [1.54, 1.807) is 0 Å². The Hall–Kier alpha value is -2.95. The highest BCUT2D eigenvalue weighted by atomic mass is 16.7. The van der Waals surface area contributed by atoms with Crippen molar-refractivity contribution in [2.45, 2.75) is 19.6 Å². The van der Waals surface area contributed by atoms with Gasteiger partial charge >= 0.3 is 5.97 Å². The molecule has 5 heteroatoms. The van der Waals surface area contributed by atoms with Crippen LogP contribution in [-0.4, -0.2) is 17.3 Å². The fourth-order valence-electron chi connectivity index (χ4n) is 2.81. The molecule has 0 unspecified atom stereocenters. The second-order valence-electron chi connectivity index (χ2n) is 5.67. The molecule has 1 aliphatic heterocycles. The van der Waals surface area contributed by atoms with Gasteiger partial charge in [0.15, 0.2) is 11.5 Å². The van der Waals surface area contributed by atoms with E-state index >= 15 is 0 Å². The monoisotopic (exact) mass is 323 g/mol. The molecule has 0 bridgehead atoms. The normalized spacial score (nSPS) is 12.5. The van der Waals surface area contributed by atoms with Crippen LogP contribution in [0.25, 0.3) is 10.9 Å². The molecule has 0 radical (unpaired) electrons. The summed E-state index contributed by atoms with van der Waals surface area (Å²) in [5.41, 5.74) is 2.01. The molecule has 3 aromatic rings. The number of aromatic nitrogens is 1. The van der Waals surface area contributed by atoms with Crippen molar-refractivity contribution in [3.63, 3.8) is 0 Å². The summed E-state index contributed by atoms with van der Waals surface area (Å²) < 4.78 is 18.0. The van der Waals surface area contributed by atoms with E-state index in [9.17, 15) is 4.79 Å². The number of ether oxygens (including phenoxy) is 3. The highest BCUT2D eigenvalue weighted by Gasteiger charge is 2.14. The lowest BCUT2D eigenvalue weighted by molar-refractivity contribution is -0.145. The van der Waals surface area contributed by atoms with Gasteiger partial charge in [-0.3, -0.25) is 4.79 Å². The lowest BCUT2D eigenvalue weighted by atomic mass is 10.2. The number of rotatable bonds is 5. The van der Waals surface area contributed by atoms with Crippen LogP contribution >= 0.6 is 0 Å². The number of fused-ring (bicyclic) bond motifs is 2. The number of hydrogen-bond acceptors (Lipinski definition) is 4. The van der Waals surface area contributed by atoms with E-state index in [0.717, 1.165) is 16.8 Å². The second kappa shape index (κ2) is 6.28. The van der Waals surface area contributed by atoms with Crippen LogP contribution in [0.2, 0.25) is 0 Å². The average Bonchev–Trinajstić information content (AvgIpc) is 3.24. The summed E-state index contributed by atoms with van der Waals surface area (Å²) in [6, 6.07) is 15.7. The summed E-state index contributed by atoms with van der Waals surface area (Å²) in [4.78, 5) is 12.0. The molecule has 24 heavy (non-hydrogen) atoms. The van der Waals surface area contributed by atoms with Gasteiger partial charge in [0.25, 0.3) is 0 Å². The van der Waals surface area contributed by atoms with Gasteiger partial charge < -0.3 is 18.8 Å². The maximum absolute atomic E-state index is 12.0. The Bertz CT molecular complexity index is 884. The van der Waals surface area contributed by atoms with Gasteiger partial charge in [-0.15, -0.1) is 0 Å². The largest absolute Gasteiger partial charge is 0.461 e. The van der Waals surface area contributed by atoms with Crippen molar-refractivity contribution in [3.05, 3.63) is 60.3 Å². The minimum Gasteiger partial charge on any atom is -0.461 e. The van der Waals surface area contributed by atoms with E-state index in [1.807, 2.05) is 48.7 Å². The van der Waals surface area contributed by atoms with Crippen LogP contribution in [-0.2, 0) is 22.7 Å². The maximum Gasteiger partial charge on any atom is 0.307 e. The van der Waals surface area contributed by atoms with Gasteiger partial charge in [-0.05, 0) is 35.2 Å². The fourth-order valence-corrected chi connectivity index (χ4v) is 2.81. The summed E-state index contributed by atoms with van der Waals surface area (Å²) in [6.07, 6.45) is 2.33. The predicted octanol–water partition coefficient (Wildman–Crippen LogP) is 3.50. The summed E-state index contributed by atoms with van der Waals surface area (Å²) in [5, 5.41) is 1.17. The first kappa shape index (κ1) is 14.6. The third-order valence-electron chi connectivity index (χ3n) is 4.07.